The number of benzene rings is 1. The maximum absolute atomic E-state index is 15.0. The van der Waals surface area contributed by atoms with Gasteiger partial charge in [-0.1, -0.05) is 11.6 Å². The number of pyridine rings is 1. The van der Waals surface area contributed by atoms with Gasteiger partial charge in [-0.05, 0) is 30.7 Å². The second kappa shape index (κ2) is 7.41. The van der Waals surface area contributed by atoms with E-state index in [1.807, 2.05) is 0 Å². The normalized spacial score (nSPS) is 24.6. The molecule has 12 heteroatoms. The van der Waals surface area contributed by atoms with Crippen LogP contribution in [-0.2, 0) is 20.1 Å². The van der Waals surface area contributed by atoms with E-state index in [0.29, 0.717) is 11.4 Å². The summed E-state index contributed by atoms with van der Waals surface area (Å²) in [5.74, 6) is -2.36. The number of nitrogens with two attached hydrogens (primary N) is 1. The van der Waals surface area contributed by atoms with Gasteiger partial charge in [0.25, 0.3) is 11.9 Å². The molecule has 1 amide bonds. The van der Waals surface area contributed by atoms with Crippen LogP contribution >= 0.6 is 11.6 Å². The Balaban J connectivity index is 1.84. The van der Waals surface area contributed by atoms with Gasteiger partial charge in [-0.2, -0.15) is 0 Å². The Kier molecular flexibility index (Phi) is 5.13. The number of aromatic nitrogens is 1. The molecule has 1 aliphatic heterocycles. The molecule has 0 spiro atoms. The molecule has 1 aliphatic carbocycles. The summed E-state index contributed by atoms with van der Waals surface area (Å²) in [6, 6.07) is 4.55. The minimum atomic E-state index is -4.12. The second-order valence-corrected chi connectivity index (χ2v) is 9.82. The minimum absolute atomic E-state index is 0.00524. The number of hydrogen-bond donors (Lipinski definition) is 2. The van der Waals surface area contributed by atoms with E-state index in [4.69, 9.17) is 22.1 Å². The fourth-order valence-corrected chi connectivity index (χ4v) is 4.96. The molecule has 1 aromatic carbocycles. The highest BCUT2D eigenvalue weighted by molar-refractivity contribution is 7.90. The van der Waals surface area contributed by atoms with Gasteiger partial charge in [-0.25, -0.2) is 27.2 Å². The van der Waals surface area contributed by atoms with E-state index in [9.17, 15) is 17.6 Å². The third-order valence-electron chi connectivity index (χ3n) is 5.23. The van der Waals surface area contributed by atoms with Crippen molar-refractivity contribution in [3.05, 3.63) is 52.6 Å². The van der Waals surface area contributed by atoms with Gasteiger partial charge < -0.3 is 15.8 Å². The third-order valence-corrected chi connectivity index (χ3v) is 6.61. The Hall–Kier alpha value is -2.79. The molecule has 1 fully saturated rings. The molecule has 1 aromatic heterocycles. The van der Waals surface area contributed by atoms with E-state index in [2.05, 4.69) is 15.3 Å². The van der Waals surface area contributed by atoms with E-state index in [0.717, 1.165) is 12.3 Å². The summed E-state index contributed by atoms with van der Waals surface area (Å²) in [6.45, 7) is -1.13. The number of aliphatic imine (C=N–C) groups is 1. The zero-order chi connectivity index (χ0) is 22.6. The molecule has 2 heterocycles. The summed E-state index contributed by atoms with van der Waals surface area (Å²) in [5, 5.41) is 2.77. The number of halogens is 3. The van der Waals surface area contributed by atoms with Crippen LogP contribution in [0.5, 0.6) is 0 Å². The van der Waals surface area contributed by atoms with E-state index in [1.165, 1.54) is 24.4 Å². The number of amides is 1. The topological polar surface area (TPSA) is 124 Å². The van der Waals surface area contributed by atoms with Gasteiger partial charge >= 0.3 is 0 Å². The van der Waals surface area contributed by atoms with Crippen molar-refractivity contribution in [2.24, 2.45) is 16.6 Å². The van der Waals surface area contributed by atoms with Gasteiger partial charge in [0.2, 0.25) is 0 Å². The van der Waals surface area contributed by atoms with Crippen LogP contribution in [-0.4, -0.2) is 44.4 Å². The number of amidine groups is 1. The summed E-state index contributed by atoms with van der Waals surface area (Å²) >= 11 is 5.76. The number of carbonyl (C=O) groups excluding carboxylic acids is 1. The lowest BCUT2D eigenvalue weighted by molar-refractivity contribution is 0.102. The number of hydrogen-bond acceptors (Lipinski definition) is 7. The SMILES string of the molecule is CS(=O)(=O)c1c(F)cc(NC(=O)c2ccc(Cl)cn2)cc1[C@@]1(CF)N=C(N)O[C@@H]2C[C@@H]21. The van der Waals surface area contributed by atoms with Crippen molar-refractivity contribution in [1.29, 1.82) is 0 Å². The van der Waals surface area contributed by atoms with Gasteiger partial charge in [-0.3, -0.25) is 4.79 Å². The van der Waals surface area contributed by atoms with E-state index >= 15 is 4.39 Å². The Bertz CT molecular complexity index is 1210. The molecular weight excluding hydrogens is 454 g/mol. The van der Waals surface area contributed by atoms with Crippen molar-refractivity contribution in [2.45, 2.75) is 23.0 Å². The molecule has 8 nitrogen and oxygen atoms in total. The summed E-state index contributed by atoms with van der Waals surface area (Å²) in [4.78, 5) is 19.7. The van der Waals surface area contributed by atoms with Gasteiger partial charge in [-0.15, -0.1) is 0 Å². The smallest absolute Gasteiger partial charge is 0.283 e. The van der Waals surface area contributed by atoms with Crippen molar-refractivity contribution >= 4 is 39.1 Å². The highest BCUT2D eigenvalue weighted by Crippen LogP contribution is 2.54. The first-order valence-corrected chi connectivity index (χ1v) is 11.4. The van der Waals surface area contributed by atoms with Crippen molar-refractivity contribution in [1.82, 2.24) is 4.98 Å². The lowest BCUT2D eigenvalue weighted by atomic mass is 9.85. The number of sulfone groups is 1. The zero-order valence-corrected chi connectivity index (χ0v) is 17.7. The fraction of sp³-hybridized carbons (Fsp3) is 0.316. The van der Waals surface area contributed by atoms with Crippen LogP contribution in [0.2, 0.25) is 5.02 Å². The molecule has 1 saturated carbocycles. The Morgan fingerprint density at radius 1 is 1.42 bits per heavy atom. The number of nitrogens with one attached hydrogen (secondary N) is 1. The van der Waals surface area contributed by atoms with Gasteiger partial charge in [0.05, 0.1) is 5.02 Å². The van der Waals surface area contributed by atoms with Crippen LogP contribution in [0, 0.1) is 11.7 Å². The quantitative estimate of drug-likeness (QED) is 0.691. The van der Waals surface area contributed by atoms with Crippen LogP contribution in [0.4, 0.5) is 14.5 Å². The summed E-state index contributed by atoms with van der Waals surface area (Å²) in [7, 11) is -4.12. The number of fused-ring (bicyclic) bond motifs is 1. The highest BCUT2D eigenvalue weighted by atomic mass is 35.5. The third kappa shape index (κ3) is 3.83. The van der Waals surface area contributed by atoms with Crippen LogP contribution in [0.1, 0.15) is 22.5 Å². The predicted molar refractivity (Wildman–Crippen MR) is 109 cm³/mol. The average Bonchev–Trinajstić information content (AvgIpc) is 3.46. The van der Waals surface area contributed by atoms with Gasteiger partial charge in [0.15, 0.2) is 9.84 Å². The van der Waals surface area contributed by atoms with Gasteiger partial charge in [0.1, 0.15) is 34.7 Å². The van der Waals surface area contributed by atoms with Crippen LogP contribution in [0.3, 0.4) is 0 Å². The molecule has 2 aliphatic rings. The summed E-state index contributed by atoms with van der Waals surface area (Å²) in [5.41, 5.74) is 3.61. The molecular formula is C19H17ClF2N4O4S. The molecule has 0 unspecified atom stereocenters. The number of carbonyl (C=O) groups is 1. The molecule has 3 atom stereocenters. The first kappa shape index (κ1) is 21.4. The monoisotopic (exact) mass is 470 g/mol. The molecule has 31 heavy (non-hydrogen) atoms. The molecule has 0 radical (unpaired) electrons. The average molecular weight is 471 g/mol. The summed E-state index contributed by atoms with van der Waals surface area (Å²) in [6.07, 6.45) is 2.01. The first-order valence-electron chi connectivity index (χ1n) is 9.10. The number of rotatable bonds is 5. The largest absolute Gasteiger partial charge is 0.462 e. The second-order valence-electron chi connectivity index (χ2n) is 7.43. The fourth-order valence-electron chi connectivity index (χ4n) is 3.80. The van der Waals surface area contributed by atoms with Crippen molar-refractivity contribution < 1.29 is 26.7 Å². The van der Waals surface area contributed by atoms with Crippen LogP contribution in [0.25, 0.3) is 0 Å². The predicted octanol–water partition coefficient (Wildman–Crippen LogP) is 2.43. The Morgan fingerprint density at radius 3 is 2.77 bits per heavy atom. The van der Waals surface area contributed by atoms with E-state index < -0.39 is 50.7 Å². The highest BCUT2D eigenvalue weighted by Gasteiger charge is 2.60. The van der Waals surface area contributed by atoms with E-state index in [1.54, 1.807) is 0 Å². The van der Waals surface area contributed by atoms with Crippen LogP contribution < -0.4 is 11.1 Å². The maximum Gasteiger partial charge on any atom is 0.283 e. The molecule has 2 aromatic rings. The molecule has 4 rings (SSSR count). The zero-order valence-electron chi connectivity index (χ0n) is 16.1. The lowest BCUT2D eigenvalue weighted by Gasteiger charge is -2.32. The Morgan fingerprint density at radius 2 is 2.16 bits per heavy atom. The number of ether oxygens (including phenoxy) is 1. The van der Waals surface area contributed by atoms with Crippen molar-refractivity contribution in [3.63, 3.8) is 0 Å². The summed E-state index contributed by atoms with van der Waals surface area (Å²) < 4.78 is 59.5. The molecule has 164 valence electrons. The lowest BCUT2D eigenvalue weighted by Crippen LogP contribution is -2.40. The van der Waals surface area contributed by atoms with Gasteiger partial charge in [0, 0.05) is 29.6 Å². The number of nitrogens with zero attached hydrogens (tertiary/aromatic N) is 2. The van der Waals surface area contributed by atoms with E-state index in [-0.39, 0.29) is 23.0 Å². The standard InChI is InChI=1S/C19H17ClF2N4O4S/c1-31(28,29)16-12(19(8-21)11-6-15(11)30-18(23)26-19)4-10(5-13(16)22)25-17(27)14-3-2-9(20)7-24-14/h2-5,7,11,15H,6,8H2,1H3,(H2,23,26)(H,25,27)/t11-,15+,19-/m0/s1. The minimum Gasteiger partial charge on any atom is -0.462 e. The van der Waals surface area contributed by atoms with Crippen molar-refractivity contribution in [3.8, 4) is 0 Å². The first-order chi connectivity index (χ1) is 14.5. The number of alkyl halides is 1. The maximum atomic E-state index is 15.0. The molecule has 3 N–H and O–H groups in total. The van der Waals surface area contributed by atoms with Crippen LogP contribution in [0.15, 0.2) is 40.4 Å². The Labute approximate surface area is 181 Å². The molecule has 0 saturated heterocycles. The molecule has 0 bridgehead atoms. The van der Waals surface area contributed by atoms with Crippen molar-refractivity contribution in [2.75, 3.05) is 18.2 Å². The number of anilines is 1.